The van der Waals surface area contributed by atoms with Crippen molar-refractivity contribution in [1.82, 2.24) is 19.7 Å². The van der Waals surface area contributed by atoms with Gasteiger partial charge in [-0.3, -0.25) is 4.79 Å². The molecule has 0 fully saturated rings. The Balaban J connectivity index is 2.10. The van der Waals surface area contributed by atoms with Gasteiger partial charge in [-0.05, 0) is 29.7 Å². The van der Waals surface area contributed by atoms with Crippen LogP contribution in [-0.4, -0.2) is 19.7 Å². The van der Waals surface area contributed by atoms with Gasteiger partial charge >= 0.3 is 0 Å². The molecule has 0 aliphatic heterocycles. The summed E-state index contributed by atoms with van der Waals surface area (Å²) in [6.07, 6.45) is 3.07. The molecule has 2 aromatic heterocycles. The van der Waals surface area contributed by atoms with Crippen LogP contribution < -0.4 is 5.56 Å². The number of aromatic amines is 1. The quantitative estimate of drug-likeness (QED) is 0.739. The summed E-state index contributed by atoms with van der Waals surface area (Å²) in [5, 5.41) is 8.14. The second kappa shape index (κ2) is 4.06. The minimum Gasteiger partial charge on any atom is -0.322 e. The van der Waals surface area contributed by atoms with E-state index in [0.29, 0.717) is 17.6 Å². The smallest absolute Gasteiger partial charge is 0.253 e. The maximum Gasteiger partial charge on any atom is 0.253 e. The summed E-state index contributed by atoms with van der Waals surface area (Å²) in [4.78, 5) is 14.5. The molecule has 3 aromatic rings. The molecule has 0 aliphatic rings. The molecule has 90 valence electrons. The van der Waals surface area contributed by atoms with E-state index in [2.05, 4.69) is 15.2 Å². The first-order valence-corrected chi connectivity index (χ1v) is 5.36. The zero-order valence-electron chi connectivity index (χ0n) is 9.30. The molecule has 0 unspecified atom stereocenters. The number of fused-ring (bicyclic) bond motifs is 1. The van der Waals surface area contributed by atoms with Crippen LogP contribution in [-0.2, 0) is 6.54 Å². The van der Waals surface area contributed by atoms with Crippen LogP contribution in [0.15, 0.2) is 41.7 Å². The molecule has 1 N–H and O–H groups in total. The summed E-state index contributed by atoms with van der Waals surface area (Å²) in [5.41, 5.74) is 0.836. The van der Waals surface area contributed by atoms with Gasteiger partial charge in [-0.2, -0.15) is 0 Å². The van der Waals surface area contributed by atoms with Gasteiger partial charge < -0.3 is 9.55 Å². The Morgan fingerprint density at radius 3 is 2.78 bits per heavy atom. The Kier molecular flexibility index (Phi) is 2.40. The molecule has 0 saturated heterocycles. The summed E-state index contributed by atoms with van der Waals surface area (Å²) < 4.78 is 14.7. The standard InChI is InChI=1S/C12H9FN4O/c13-10-2-1-8-3-9(5-17-6-14-15-7-17)12(18)16-11(8)4-10/h1-4,6-7H,5H2,(H,16,18). The second-order valence-corrected chi connectivity index (χ2v) is 3.99. The van der Waals surface area contributed by atoms with Crippen LogP contribution in [0, 0.1) is 5.82 Å². The lowest BCUT2D eigenvalue weighted by molar-refractivity contribution is 0.629. The summed E-state index contributed by atoms with van der Waals surface area (Å²) in [5.74, 6) is -0.371. The average molecular weight is 244 g/mol. The lowest BCUT2D eigenvalue weighted by Gasteiger charge is -2.03. The largest absolute Gasteiger partial charge is 0.322 e. The van der Waals surface area contributed by atoms with Crippen LogP contribution in [0.25, 0.3) is 10.9 Å². The van der Waals surface area contributed by atoms with Crippen molar-refractivity contribution < 1.29 is 4.39 Å². The predicted octanol–water partition coefficient (Wildman–Crippen LogP) is 1.31. The first kappa shape index (κ1) is 10.6. The van der Waals surface area contributed by atoms with Crippen LogP contribution in [0.2, 0.25) is 0 Å². The molecular formula is C12H9FN4O. The van der Waals surface area contributed by atoms with Crippen LogP contribution in [0.4, 0.5) is 4.39 Å². The van der Waals surface area contributed by atoms with E-state index in [1.54, 1.807) is 16.7 Å². The number of H-pyrrole nitrogens is 1. The summed E-state index contributed by atoms with van der Waals surface area (Å²) >= 11 is 0. The SMILES string of the molecule is O=c1[nH]c2cc(F)ccc2cc1Cn1cnnc1. The molecular weight excluding hydrogens is 235 g/mol. The van der Waals surface area contributed by atoms with Crippen molar-refractivity contribution in [3.8, 4) is 0 Å². The van der Waals surface area contributed by atoms with E-state index in [1.807, 2.05) is 0 Å². The Morgan fingerprint density at radius 1 is 1.22 bits per heavy atom. The predicted molar refractivity (Wildman–Crippen MR) is 63.7 cm³/mol. The monoisotopic (exact) mass is 244 g/mol. The number of halogens is 1. The molecule has 3 rings (SSSR count). The number of pyridine rings is 1. The fraction of sp³-hybridized carbons (Fsp3) is 0.0833. The number of rotatable bonds is 2. The van der Waals surface area contributed by atoms with Gasteiger partial charge in [0.25, 0.3) is 5.56 Å². The minimum atomic E-state index is -0.371. The van der Waals surface area contributed by atoms with E-state index >= 15 is 0 Å². The number of hydrogen-bond acceptors (Lipinski definition) is 3. The number of aromatic nitrogens is 4. The Hall–Kier alpha value is -2.50. The average Bonchev–Trinajstić information content (AvgIpc) is 2.83. The Bertz CT molecular complexity index is 748. The molecule has 0 bridgehead atoms. The van der Waals surface area contributed by atoms with Crippen molar-refractivity contribution in [2.45, 2.75) is 6.54 Å². The molecule has 0 aliphatic carbocycles. The molecule has 1 aromatic carbocycles. The molecule has 5 nitrogen and oxygen atoms in total. The fourth-order valence-electron chi connectivity index (χ4n) is 1.84. The third-order valence-electron chi connectivity index (χ3n) is 2.70. The summed E-state index contributed by atoms with van der Waals surface area (Å²) in [7, 11) is 0. The lowest BCUT2D eigenvalue weighted by Crippen LogP contribution is -2.15. The van der Waals surface area contributed by atoms with Gasteiger partial charge in [-0.15, -0.1) is 10.2 Å². The lowest BCUT2D eigenvalue weighted by atomic mass is 10.1. The molecule has 0 spiro atoms. The van der Waals surface area contributed by atoms with Crippen LogP contribution in [0.3, 0.4) is 0 Å². The Morgan fingerprint density at radius 2 is 2.00 bits per heavy atom. The van der Waals surface area contributed by atoms with Gasteiger partial charge in [0, 0.05) is 5.56 Å². The van der Waals surface area contributed by atoms with Crippen molar-refractivity contribution >= 4 is 10.9 Å². The van der Waals surface area contributed by atoms with E-state index < -0.39 is 0 Å². The Labute approximate surface area is 101 Å². The fourth-order valence-corrected chi connectivity index (χ4v) is 1.84. The van der Waals surface area contributed by atoms with Crippen molar-refractivity contribution in [2.24, 2.45) is 0 Å². The zero-order chi connectivity index (χ0) is 12.5. The molecule has 0 saturated carbocycles. The van der Waals surface area contributed by atoms with E-state index in [9.17, 15) is 9.18 Å². The third kappa shape index (κ3) is 1.88. The first-order chi connectivity index (χ1) is 8.72. The van der Waals surface area contributed by atoms with E-state index in [1.165, 1.54) is 24.8 Å². The van der Waals surface area contributed by atoms with Gasteiger partial charge in [-0.25, -0.2) is 4.39 Å². The number of nitrogens with one attached hydrogen (secondary N) is 1. The highest BCUT2D eigenvalue weighted by molar-refractivity contribution is 5.78. The molecule has 0 atom stereocenters. The molecule has 2 heterocycles. The molecule has 6 heteroatoms. The summed E-state index contributed by atoms with van der Waals surface area (Å²) in [6, 6.07) is 6.05. The highest BCUT2D eigenvalue weighted by atomic mass is 19.1. The van der Waals surface area contributed by atoms with Gasteiger partial charge in [0.1, 0.15) is 18.5 Å². The number of nitrogens with zero attached hydrogens (tertiary/aromatic N) is 3. The van der Waals surface area contributed by atoms with E-state index in [0.717, 1.165) is 5.39 Å². The van der Waals surface area contributed by atoms with Gasteiger partial charge in [0.2, 0.25) is 0 Å². The van der Waals surface area contributed by atoms with E-state index in [4.69, 9.17) is 0 Å². The minimum absolute atomic E-state index is 0.234. The molecule has 0 amide bonds. The third-order valence-corrected chi connectivity index (χ3v) is 2.70. The summed E-state index contributed by atoms with van der Waals surface area (Å²) in [6.45, 7) is 0.385. The normalized spacial score (nSPS) is 10.9. The van der Waals surface area contributed by atoms with Crippen molar-refractivity contribution in [3.63, 3.8) is 0 Å². The number of hydrogen-bond donors (Lipinski definition) is 1. The van der Waals surface area contributed by atoms with Crippen LogP contribution in [0.5, 0.6) is 0 Å². The van der Waals surface area contributed by atoms with Crippen molar-refractivity contribution in [3.05, 3.63) is 58.7 Å². The highest BCUT2D eigenvalue weighted by Crippen LogP contribution is 2.13. The van der Waals surface area contributed by atoms with Crippen molar-refractivity contribution in [1.29, 1.82) is 0 Å². The topological polar surface area (TPSA) is 63.6 Å². The van der Waals surface area contributed by atoms with Crippen molar-refractivity contribution in [2.75, 3.05) is 0 Å². The second-order valence-electron chi connectivity index (χ2n) is 3.99. The maximum absolute atomic E-state index is 13.0. The van der Waals surface area contributed by atoms with Crippen LogP contribution in [0.1, 0.15) is 5.56 Å². The van der Waals surface area contributed by atoms with Gasteiger partial charge in [0.05, 0.1) is 12.1 Å². The zero-order valence-corrected chi connectivity index (χ0v) is 9.30. The van der Waals surface area contributed by atoms with E-state index in [-0.39, 0.29) is 11.4 Å². The first-order valence-electron chi connectivity index (χ1n) is 5.36. The molecule has 18 heavy (non-hydrogen) atoms. The molecule has 0 radical (unpaired) electrons. The van der Waals surface area contributed by atoms with Gasteiger partial charge in [-0.1, -0.05) is 0 Å². The maximum atomic E-state index is 13.0. The number of benzene rings is 1. The van der Waals surface area contributed by atoms with Crippen LogP contribution >= 0.6 is 0 Å². The van der Waals surface area contributed by atoms with Gasteiger partial charge in [0.15, 0.2) is 0 Å². The highest BCUT2D eigenvalue weighted by Gasteiger charge is 2.04.